The predicted molar refractivity (Wildman–Crippen MR) is 67.0 cm³/mol. The molecule has 2 bridgehead atoms. The van der Waals surface area contributed by atoms with E-state index in [-0.39, 0.29) is 11.9 Å². The van der Waals surface area contributed by atoms with Crippen molar-refractivity contribution in [2.24, 2.45) is 23.5 Å². The maximum absolute atomic E-state index is 13.1. The Morgan fingerprint density at radius 3 is 2.71 bits per heavy atom. The molecule has 2 saturated carbocycles. The van der Waals surface area contributed by atoms with Gasteiger partial charge < -0.3 is 5.73 Å². The van der Waals surface area contributed by atoms with E-state index < -0.39 is 0 Å². The lowest BCUT2D eigenvalue weighted by molar-refractivity contribution is 0.284. The summed E-state index contributed by atoms with van der Waals surface area (Å²) in [7, 11) is 0. The summed E-state index contributed by atoms with van der Waals surface area (Å²) in [6.45, 7) is 1.96. The van der Waals surface area contributed by atoms with Crippen LogP contribution in [0.5, 0.6) is 0 Å². The molecule has 0 heterocycles. The van der Waals surface area contributed by atoms with Crippen molar-refractivity contribution < 1.29 is 4.39 Å². The van der Waals surface area contributed by atoms with E-state index in [9.17, 15) is 4.39 Å². The van der Waals surface area contributed by atoms with E-state index in [1.165, 1.54) is 31.7 Å². The Bertz CT molecular complexity index is 429. The molecule has 0 aliphatic heterocycles. The monoisotopic (exact) mass is 233 g/mol. The third kappa shape index (κ3) is 1.89. The van der Waals surface area contributed by atoms with E-state index in [1.54, 1.807) is 6.07 Å². The first-order valence-corrected chi connectivity index (χ1v) is 6.67. The second-order valence-corrected chi connectivity index (χ2v) is 5.87. The number of aryl methyl sites for hydroxylation is 1. The van der Waals surface area contributed by atoms with Crippen LogP contribution in [0.4, 0.5) is 4.39 Å². The van der Waals surface area contributed by atoms with Gasteiger partial charge in [-0.3, -0.25) is 0 Å². The molecule has 1 aromatic carbocycles. The van der Waals surface area contributed by atoms with Crippen LogP contribution in [0.3, 0.4) is 0 Å². The normalized spacial score (nSPS) is 33.0. The Labute approximate surface area is 102 Å². The molecule has 17 heavy (non-hydrogen) atoms. The van der Waals surface area contributed by atoms with Gasteiger partial charge in [0.2, 0.25) is 0 Å². The van der Waals surface area contributed by atoms with Gasteiger partial charge in [-0.05, 0) is 67.2 Å². The van der Waals surface area contributed by atoms with E-state index in [1.807, 2.05) is 13.0 Å². The summed E-state index contributed by atoms with van der Waals surface area (Å²) in [6.07, 6.45) is 5.40. The average Bonchev–Trinajstić information content (AvgIpc) is 2.89. The zero-order valence-electron chi connectivity index (χ0n) is 10.3. The first-order valence-electron chi connectivity index (χ1n) is 6.67. The minimum atomic E-state index is -0.161. The van der Waals surface area contributed by atoms with Gasteiger partial charge in [-0.15, -0.1) is 0 Å². The highest BCUT2D eigenvalue weighted by Gasteiger charge is 2.42. The van der Waals surface area contributed by atoms with E-state index in [0.717, 1.165) is 23.0 Å². The van der Waals surface area contributed by atoms with Gasteiger partial charge in [-0.25, -0.2) is 4.39 Å². The lowest BCUT2D eigenvalue weighted by Crippen LogP contribution is -2.26. The highest BCUT2D eigenvalue weighted by molar-refractivity contribution is 5.30. The molecule has 92 valence electrons. The highest BCUT2D eigenvalue weighted by atomic mass is 19.1. The van der Waals surface area contributed by atoms with Crippen molar-refractivity contribution in [1.29, 1.82) is 0 Å². The van der Waals surface area contributed by atoms with Crippen molar-refractivity contribution in [2.75, 3.05) is 0 Å². The first kappa shape index (κ1) is 11.2. The van der Waals surface area contributed by atoms with E-state index in [0.29, 0.717) is 5.92 Å². The average molecular weight is 233 g/mol. The quantitative estimate of drug-likeness (QED) is 0.830. The van der Waals surface area contributed by atoms with Gasteiger partial charge in [0.1, 0.15) is 5.82 Å². The van der Waals surface area contributed by atoms with Gasteiger partial charge >= 0.3 is 0 Å². The molecule has 0 aromatic heterocycles. The molecule has 3 rings (SSSR count). The Kier molecular flexibility index (Phi) is 2.70. The standard InChI is InChI=1S/C15H20FN/c1-9-6-12(16)4-5-13(9)15(17)14-8-10-2-3-11(14)7-10/h4-6,10-11,14-15H,2-3,7-8,17H2,1H3. The molecule has 2 N–H and O–H groups in total. The summed E-state index contributed by atoms with van der Waals surface area (Å²) in [6, 6.07) is 5.12. The molecule has 1 aromatic rings. The molecule has 0 spiro atoms. The Morgan fingerprint density at radius 2 is 2.12 bits per heavy atom. The zero-order valence-corrected chi connectivity index (χ0v) is 10.3. The fraction of sp³-hybridized carbons (Fsp3) is 0.600. The summed E-state index contributed by atoms with van der Waals surface area (Å²) >= 11 is 0. The fourth-order valence-corrected chi connectivity index (χ4v) is 3.98. The van der Waals surface area contributed by atoms with Crippen LogP contribution in [0.15, 0.2) is 18.2 Å². The third-order valence-electron chi connectivity index (χ3n) is 4.85. The lowest BCUT2D eigenvalue weighted by atomic mass is 9.80. The van der Waals surface area contributed by atoms with Crippen LogP contribution < -0.4 is 5.73 Å². The number of hydrogen-bond donors (Lipinski definition) is 1. The molecular weight excluding hydrogens is 213 g/mol. The van der Waals surface area contributed by atoms with Crippen molar-refractivity contribution in [1.82, 2.24) is 0 Å². The van der Waals surface area contributed by atoms with Crippen molar-refractivity contribution >= 4 is 0 Å². The highest BCUT2D eigenvalue weighted by Crippen LogP contribution is 2.52. The van der Waals surface area contributed by atoms with Crippen LogP contribution in [-0.2, 0) is 0 Å². The number of hydrogen-bond acceptors (Lipinski definition) is 1. The molecule has 2 fully saturated rings. The van der Waals surface area contributed by atoms with E-state index in [4.69, 9.17) is 5.73 Å². The summed E-state index contributed by atoms with van der Waals surface area (Å²) in [5.41, 5.74) is 8.56. The molecule has 1 nitrogen and oxygen atoms in total. The van der Waals surface area contributed by atoms with Gasteiger partial charge in [0.15, 0.2) is 0 Å². The van der Waals surface area contributed by atoms with Gasteiger partial charge in [0, 0.05) is 6.04 Å². The topological polar surface area (TPSA) is 26.0 Å². The SMILES string of the molecule is Cc1cc(F)ccc1C(N)C1CC2CCC1C2. The predicted octanol–water partition coefficient (Wildman–Crippen LogP) is 3.57. The van der Waals surface area contributed by atoms with Crippen molar-refractivity contribution in [2.45, 2.75) is 38.6 Å². The Morgan fingerprint density at radius 1 is 1.29 bits per heavy atom. The molecule has 0 saturated heterocycles. The number of nitrogens with two attached hydrogens (primary N) is 1. The van der Waals surface area contributed by atoms with Crippen LogP contribution in [-0.4, -0.2) is 0 Å². The summed E-state index contributed by atoms with van der Waals surface area (Å²) in [4.78, 5) is 0. The van der Waals surface area contributed by atoms with Gasteiger partial charge in [0.25, 0.3) is 0 Å². The maximum atomic E-state index is 13.1. The first-order chi connectivity index (χ1) is 8.15. The zero-order chi connectivity index (χ0) is 12.0. The van der Waals surface area contributed by atoms with Crippen molar-refractivity contribution in [3.63, 3.8) is 0 Å². The molecule has 2 aliphatic rings. The molecule has 2 heteroatoms. The smallest absolute Gasteiger partial charge is 0.123 e. The second-order valence-electron chi connectivity index (χ2n) is 5.87. The van der Waals surface area contributed by atoms with Crippen LogP contribution in [0.1, 0.15) is 42.9 Å². The van der Waals surface area contributed by atoms with E-state index >= 15 is 0 Å². The second kappa shape index (κ2) is 4.09. The molecule has 0 radical (unpaired) electrons. The van der Waals surface area contributed by atoms with Gasteiger partial charge in [-0.1, -0.05) is 12.5 Å². The Balaban J connectivity index is 1.84. The fourth-order valence-electron chi connectivity index (χ4n) is 3.98. The minimum absolute atomic E-state index is 0.103. The number of halogens is 1. The summed E-state index contributed by atoms with van der Waals surface area (Å²) in [5.74, 6) is 2.19. The molecular formula is C15H20FN. The third-order valence-corrected chi connectivity index (χ3v) is 4.85. The molecule has 2 aliphatic carbocycles. The van der Waals surface area contributed by atoms with Crippen molar-refractivity contribution in [3.05, 3.63) is 35.1 Å². The number of rotatable bonds is 2. The largest absolute Gasteiger partial charge is 0.324 e. The van der Waals surface area contributed by atoms with Crippen LogP contribution in [0.25, 0.3) is 0 Å². The summed E-state index contributed by atoms with van der Waals surface area (Å²) in [5, 5.41) is 0. The summed E-state index contributed by atoms with van der Waals surface area (Å²) < 4.78 is 13.1. The number of benzene rings is 1. The van der Waals surface area contributed by atoms with Crippen LogP contribution in [0.2, 0.25) is 0 Å². The number of fused-ring (bicyclic) bond motifs is 2. The van der Waals surface area contributed by atoms with Crippen molar-refractivity contribution in [3.8, 4) is 0 Å². The van der Waals surface area contributed by atoms with E-state index in [2.05, 4.69) is 0 Å². The van der Waals surface area contributed by atoms with Crippen LogP contribution in [0, 0.1) is 30.5 Å². The molecule has 4 atom stereocenters. The minimum Gasteiger partial charge on any atom is -0.324 e. The molecule has 4 unspecified atom stereocenters. The Hall–Kier alpha value is -0.890. The maximum Gasteiger partial charge on any atom is 0.123 e. The lowest BCUT2D eigenvalue weighted by Gasteiger charge is -2.29. The van der Waals surface area contributed by atoms with Crippen LogP contribution >= 0.6 is 0 Å². The molecule has 0 amide bonds. The van der Waals surface area contributed by atoms with Gasteiger partial charge in [0.05, 0.1) is 0 Å². The van der Waals surface area contributed by atoms with Gasteiger partial charge in [-0.2, -0.15) is 0 Å².